The lowest BCUT2D eigenvalue weighted by atomic mass is 9.80. The second-order valence-corrected chi connectivity index (χ2v) is 14.4. The molecule has 0 aromatic heterocycles. The molecule has 0 unspecified atom stereocenters. The van der Waals surface area contributed by atoms with Gasteiger partial charge in [0.2, 0.25) is 0 Å². The maximum absolute atomic E-state index is 14.1. The Hall–Kier alpha value is -2.30. The van der Waals surface area contributed by atoms with Crippen LogP contribution in [0.25, 0.3) is 0 Å². The number of piperidine rings is 1. The molecule has 1 heterocycles. The van der Waals surface area contributed by atoms with E-state index in [1.54, 1.807) is 24.3 Å². The van der Waals surface area contributed by atoms with Crippen molar-refractivity contribution < 1.29 is 31.1 Å². The second-order valence-electron chi connectivity index (χ2n) is 11.7. The van der Waals surface area contributed by atoms with Crippen LogP contribution in [0.3, 0.4) is 0 Å². The maximum atomic E-state index is 14.1. The Morgan fingerprint density at radius 3 is 2.00 bits per heavy atom. The van der Waals surface area contributed by atoms with Crippen molar-refractivity contribution in [3.8, 4) is 0 Å². The van der Waals surface area contributed by atoms with Crippen molar-refractivity contribution in [1.82, 2.24) is 10.2 Å². The summed E-state index contributed by atoms with van der Waals surface area (Å²) in [6.45, 7) is 7.00. The number of alkyl carbamates (subject to hydrolysis) is 1. The summed E-state index contributed by atoms with van der Waals surface area (Å²) in [4.78, 5) is 14.4. The lowest BCUT2D eigenvalue weighted by molar-refractivity contribution is -0.137. The summed E-state index contributed by atoms with van der Waals surface area (Å²) in [7, 11) is -4.03. The smallest absolute Gasteiger partial charge is 0.416 e. The minimum absolute atomic E-state index is 0.0166. The molecule has 0 atom stereocenters. The molecule has 0 bridgehead atoms. The fraction of sp³-hybridized carbons (Fsp3) is 0.552. The first-order valence-corrected chi connectivity index (χ1v) is 15.4. The van der Waals surface area contributed by atoms with Crippen LogP contribution in [0.15, 0.2) is 53.4 Å². The van der Waals surface area contributed by atoms with Crippen LogP contribution < -0.4 is 5.32 Å². The molecule has 1 aliphatic heterocycles. The van der Waals surface area contributed by atoms with Gasteiger partial charge in [-0.15, -0.1) is 0 Å². The van der Waals surface area contributed by atoms with Crippen LogP contribution in [-0.4, -0.2) is 50.2 Å². The van der Waals surface area contributed by atoms with E-state index in [1.807, 2.05) is 20.8 Å². The quantitative estimate of drug-likeness (QED) is 0.402. The predicted molar refractivity (Wildman–Crippen MR) is 148 cm³/mol. The Morgan fingerprint density at radius 1 is 0.950 bits per heavy atom. The molecule has 2 aromatic rings. The summed E-state index contributed by atoms with van der Waals surface area (Å²) < 4.78 is 71.7. The zero-order chi connectivity index (χ0) is 29.3. The predicted octanol–water partition coefficient (Wildman–Crippen LogP) is 6.96. The molecule has 1 saturated heterocycles. The van der Waals surface area contributed by atoms with Crippen molar-refractivity contribution in [3.63, 3.8) is 0 Å². The fourth-order valence-electron chi connectivity index (χ4n) is 5.83. The molecule has 1 N–H and O–H groups in total. The van der Waals surface area contributed by atoms with E-state index in [1.165, 1.54) is 0 Å². The summed E-state index contributed by atoms with van der Waals surface area (Å²) in [5, 5.41) is 3.42. The number of likely N-dealkylation sites (tertiary alicyclic amines) is 1. The first-order valence-electron chi connectivity index (χ1n) is 13.5. The highest BCUT2D eigenvalue weighted by atomic mass is 35.5. The number of rotatable bonds is 5. The Labute approximate surface area is 239 Å². The molecule has 4 rings (SSSR count). The second kappa shape index (κ2) is 11.5. The number of alkyl halides is 3. The van der Waals surface area contributed by atoms with Crippen molar-refractivity contribution in [2.24, 2.45) is 0 Å². The van der Waals surface area contributed by atoms with Crippen molar-refractivity contribution in [1.29, 1.82) is 0 Å². The molecule has 2 aromatic carbocycles. The van der Waals surface area contributed by atoms with Crippen LogP contribution in [0.5, 0.6) is 0 Å². The van der Waals surface area contributed by atoms with Crippen molar-refractivity contribution in [3.05, 3.63) is 64.7 Å². The van der Waals surface area contributed by atoms with Crippen LogP contribution in [0, 0.1) is 0 Å². The number of halogens is 4. The van der Waals surface area contributed by atoms with E-state index in [-0.39, 0.29) is 17.0 Å². The molecular formula is C29H36ClF3N2O4S. The van der Waals surface area contributed by atoms with Gasteiger partial charge >= 0.3 is 12.3 Å². The highest BCUT2D eigenvalue weighted by Crippen LogP contribution is 2.48. The summed E-state index contributed by atoms with van der Waals surface area (Å²) in [5.74, 6) is 0. The number of hydrogen-bond donors (Lipinski definition) is 1. The highest BCUT2D eigenvalue weighted by molar-refractivity contribution is 7.92. The number of benzene rings is 2. The van der Waals surface area contributed by atoms with Crippen LogP contribution in [0.4, 0.5) is 18.0 Å². The first-order chi connectivity index (χ1) is 18.6. The first kappa shape index (κ1) is 30.7. The average Bonchev–Trinajstić information content (AvgIpc) is 2.88. The molecule has 40 heavy (non-hydrogen) atoms. The Morgan fingerprint density at radius 2 is 1.50 bits per heavy atom. The molecule has 1 saturated carbocycles. The van der Waals surface area contributed by atoms with Crippen LogP contribution in [0.1, 0.15) is 70.4 Å². The molecule has 0 spiro atoms. The third kappa shape index (κ3) is 6.77. The monoisotopic (exact) mass is 600 g/mol. The number of amides is 1. The number of nitrogens with zero attached hydrogens (tertiary/aromatic N) is 1. The molecule has 1 aliphatic carbocycles. The Kier molecular flexibility index (Phi) is 8.83. The topological polar surface area (TPSA) is 75.7 Å². The van der Waals surface area contributed by atoms with E-state index in [0.29, 0.717) is 36.3 Å². The summed E-state index contributed by atoms with van der Waals surface area (Å²) in [6, 6.07) is 10.7. The van der Waals surface area contributed by atoms with Gasteiger partial charge in [-0.25, -0.2) is 13.2 Å². The molecule has 1 amide bonds. The SMILES string of the molecule is CC(C)(C)OC(=O)NC1CCN(C2CCC(c3ccc(Cl)cc3)(S(=O)(=O)c3ccc(C(F)(F)F)cc3)CC2)CC1. The van der Waals surface area contributed by atoms with Gasteiger partial charge in [0.25, 0.3) is 0 Å². The van der Waals surface area contributed by atoms with Gasteiger partial charge in [-0.1, -0.05) is 23.7 Å². The maximum Gasteiger partial charge on any atom is 0.416 e. The van der Waals surface area contributed by atoms with Crippen molar-refractivity contribution in [2.75, 3.05) is 13.1 Å². The molecule has 6 nitrogen and oxygen atoms in total. The zero-order valence-corrected chi connectivity index (χ0v) is 24.5. The minimum Gasteiger partial charge on any atom is -0.444 e. The molecule has 11 heteroatoms. The van der Waals surface area contributed by atoms with Gasteiger partial charge < -0.3 is 15.0 Å². The van der Waals surface area contributed by atoms with Gasteiger partial charge in [-0.05, 0) is 101 Å². The van der Waals surface area contributed by atoms with Crippen LogP contribution in [-0.2, 0) is 25.5 Å². The van der Waals surface area contributed by atoms with E-state index >= 15 is 0 Å². The number of carbonyl (C=O) groups is 1. The number of sulfone groups is 1. The number of nitrogens with one attached hydrogen (secondary N) is 1. The normalized spacial score (nSPS) is 23.5. The molecule has 2 fully saturated rings. The molecule has 220 valence electrons. The van der Waals surface area contributed by atoms with Gasteiger partial charge in [0.15, 0.2) is 9.84 Å². The number of hydrogen-bond acceptors (Lipinski definition) is 5. The number of ether oxygens (including phenoxy) is 1. The van der Waals surface area contributed by atoms with E-state index in [9.17, 15) is 26.4 Å². The summed E-state index contributed by atoms with van der Waals surface area (Å²) >= 11 is 6.09. The Balaban J connectivity index is 1.49. The molecule has 2 aliphatic rings. The van der Waals surface area contributed by atoms with Gasteiger partial charge in [0.1, 0.15) is 10.3 Å². The van der Waals surface area contributed by atoms with Gasteiger partial charge in [-0.2, -0.15) is 13.2 Å². The van der Waals surface area contributed by atoms with Gasteiger partial charge in [0.05, 0.1) is 10.5 Å². The van der Waals surface area contributed by atoms with E-state index in [4.69, 9.17) is 16.3 Å². The van der Waals surface area contributed by atoms with E-state index in [0.717, 1.165) is 50.2 Å². The van der Waals surface area contributed by atoms with Crippen LogP contribution >= 0.6 is 11.6 Å². The van der Waals surface area contributed by atoms with Crippen molar-refractivity contribution >= 4 is 27.5 Å². The largest absolute Gasteiger partial charge is 0.444 e. The lowest BCUT2D eigenvalue weighted by Crippen LogP contribution is -2.51. The van der Waals surface area contributed by atoms with E-state index < -0.39 is 38.0 Å². The standard InChI is InChI=1S/C29H36ClF3N2O4S/c1-27(2,3)39-26(36)34-23-14-18-35(19-15-23)24-12-16-28(17-13-24,20-4-8-22(30)9-5-20)40(37,38)25-10-6-21(7-11-25)29(31,32)33/h4-11,23-24H,12-19H2,1-3H3,(H,34,36). The summed E-state index contributed by atoms with van der Waals surface area (Å²) in [5.41, 5.74) is -0.861. The molecule has 0 radical (unpaired) electrons. The zero-order valence-electron chi connectivity index (χ0n) is 22.9. The van der Waals surface area contributed by atoms with Gasteiger partial charge in [0, 0.05) is 30.2 Å². The lowest BCUT2D eigenvalue weighted by Gasteiger charge is -2.45. The van der Waals surface area contributed by atoms with E-state index in [2.05, 4.69) is 10.2 Å². The third-order valence-electron chi connectivity index (χ3n) is 7.91. The highest BCUT2D eigenvalue weighted by Gasteiger charge is 2.49. The number of carbonyl (C=O) groups excluding carboxylic acids is 1. The average molecular weight is 601 g/mol. The fourth-order valence-corrected chi connectivity index (χ4v) is 8.12. The third-order valence-corrected chi connectivity index (χ3v) is 10.7. The Bertz CT molecular complexity index is 1280. The van der Waals surface area contributed by atoms with Gasteiger partial charge in [-0.3, -0.25) is 0 Å². The van der Waals surface area contributed by atoms with Crippen molar-refractivity contribution in [2.45, 2.75) is 92.8 Å². The van der Waals surface area contributed by atoms with Crippen LogP contribution in [0.2, 0.25) is 5.02 Å². The molecular weight excluding hydrogens is 565 g/mol. The summed E-state index contributed by atoms with van der Waals surface area (Å²) in [6.07, 6.45) is -1.55. The minimum atomic E-state index is -4.55.